The molecule has 0 spiro atoms. The summed E-state index contributed by atoms with van der Waals surface area (Å²) in [5.41, 5.74) is 0.873. The summed E-state index contributed by atoms with van der Waals surface area (Å²) >= 11 is 0. The number of anilines is 1. The Morgan fingerprint density at radius 3 is 2.28 bits per heavy atom. The van der Waals surface area contributed by atoms with Gasteiger partial charge in [-0.25, -0.2) is 0 Å². The van der Waals surface area contributed by atoms with Crippen LogP contribution in [0.3, 0.4) is 0 Å². The van der Waals surface area contributed by atoms with Gasteiger partial charge in [-0.1, -0.05) is 24.3 Å². The van der Waals surface area contributed by atoms with Gasteiger partial charge < -0.3 is 5.32 Å². The number of nitrogens with one attached hydrogen (secondary N) is 1. The molecule has 1 fully saturated rings. The number of nitrogens with zero attached hydrogens (tertiary/aromatic N) is 1. The van der Waals surface area contributed by atoms with Crippen molar-refractivity contribution < 1.29 is 19.2 Å². The van der Waals surface area contributed by atoms with E-state index in [0.717, 1.165) is 0 Å². The Kier molecular flexibility index (Phi) is 4.79. The van der Waals surface area contributed by atoms with Crippen molar-refractivity contribution in [2.45, 2.75) is 26.2 Å². The molecule has 3 rings (SSSR count). The number of rotatable bonds is 5. The molecule has 0 bridgehead atoms. The number of para-hydroxylation sites is 1. The van der Waals surface area contributed by atoms with Crippen LogP contribution in [0.5, 0.6) is 0 Å². The molecule has 1 aromatic rings. The van der Waals surface area contributed by atoms with Gasteiger partial charge in [-0.2, -0.15) is 0 Å². The Labute approximate surface area is 145 Å². The number of amides is 3. The molecule has 6 heteroatoms. The van der Waals surface area contributed by atoms with E-state index in [1.165, 1.54) is 11.8 Å². The highest BCUT2D eigenvalue weighted by Crippen LogP contribution is 2.35. The van der Waals surface area contributed by atoms with Crippen LogP contribution in [-0.4, -0.2) is 34.9 Å². The minimum Gasteiger partial charge on any atom is -0.325 e. The first-order chi connectivity index (χ1) is 12.0. The van der Waals surface area contributed by atoms with E-state index in [0.29, 0.717) is 24.1 Å². The summed E-state index contributed by atoms with van der Waals surface area (Å²) < 4.78 is 0. The Morgan fingerprint density at radius 2 is 1.68 bits per heavy atom. The molecule has 1 aromatic carbocycles. The molecule has 3 amide bonds. The summed E-state index contributed by atoms with van der Waals surface area (Å²) in [6, 6.07) is 6.75. The van der Waals surface area contributed by atoms with Gasteiger partial charge in [0, 0.05) is 18.5 Å². The Hall–Kier alpha value is -2.76. The highest BCUT2D eigenvalue weighted by atomic mass is 16.2. The second kappa shape index (κ2) is 7.01. The van der Waals surface area contributed by atoms with Gasteiger partial charge >= 0.3 is 0 Å². The van der Waals surface area contributed by atoms with Gasteiger partial charge in [-0.3, -0.25) is 24.1 Å². The van der Waals surface area contributed by atoms with Crippen LogP contribution < -0.4 is 5.32 Å². The molecule has 1 aliphatic heterocycles. The van der Waals surface area contributed by atoms with E-state index < -0.39 is 0 Å². The molecule has 2 atom stereocenters. The fourth-order valence-corrected chi connectivity index (χ4v) is 3.41. The highest BCUT2D eigenvalue weighted by molar-refractivity contribution is 6.06. The average molecular weight is 340 g/mol. The van der Waals surface area contributed by atoms with E-state index in [1.807, 2.05) is 12.2 Å². The Morgan fingerprint density at radius 1 is 1.08 bits per heavy atom. The minimum absolute atomic E-state index is 0.0105. The number of imide groups is 1. The van der Waals surface area contributed by atoms with E-state index in [-0.39, 0.29) is 48.3 Å². The molecule has 0 saturated carbocycles. The fraction of sp³-hybridized carbons (Fsp3) is 0.368. The van der Waals surface area contributed by atoms with Gasteiger partial charge in [-0.05, 0) is 31.9 Å². The van der Waals surface area contributed by atoms with Gasteiger partial charge in [0.05, 0.1) is 17.5 Å². The SMILES string of the molecule is CC(=O)c1ccccc1NC(=O)CCN1C(=O)[C@H]2CC=CC[C@@H]2C1=O. The lowest BCUT2D eigenvalue weighted by Gasteiger charge is -2.15. The second-order valence-electron chi connectivity index (χ2n) is 6.38. The van der Waals surface area contributed by atoms with Crippen LogP contribution in [0.4, 0.5) is 5.69 Å². The number of carbonyl (C=O) groups is 4. The Balaban J connectivity index is 1.61. The second-order valence-corrected chi connectivity index (χ2v) is 6.38. The predicted molar refractivity (Wildman–Crippen MR) is 91.8 cm³/mol. The lowest BCUT2D eigenvalue weighted by atomic mass is 9.85. The van der Waals surface area contributed by atoms with Crippen molar-refractivity contribution in [3.05, 3.63) is 42.0 Å². The van der Waals surface area contributed by atoms with Gasteiger partial charge in [0.25, 0.3) is 0 Å². The molecule has 6 nitrogen and oxygen atoms in total. The number of hydrogen-bond acceptors (Lipinski definition) is 4. The zero-order chi connectivity index (χ0) is 18.0. The molecule has 25 heavy (non-hydrogen) atoms. The third-order valence-corrected chi connectivity index (χ3v) is 4.74. The maximum atomic E-state index is 12.4. The van der Waals surface area contributed by atoms with Crippen LogP contribution in [0.1, 0.15) is 36.5 Å². The predicted octanol–water partition coefficient (Wildman–Crippen LogP) is 2.17. The third-order valence-electron chi connectivity index (χ3n) is 4.74. The number of ketones is 1. The highest BCUT2D eigenvalue weighted by Gasteiger charge is 2.46. The van der Waals surface area contributed by atoms with Crippen LogP contribution in [0, 0.1) is 11.8 Å². The maximum absolute atomic E-state index is 12.4. The largest absolute Gasteiger partial charge is 0.325 e. The normalized spacial score (nSPS) is 22.0. The summed E-state index contributed by atoms with van der Waals surface area (Å²) in [5.74, 6) is -1.40. The first-order valence-electron chi connectivity index (χ1n) is 8.39. The zero-order valence-electron chi connectivity index (χ0n) is 14.0. The third kappa shape index (κ3) is 3.38. The Bertz CT molecular complexity index is 742. The summed E-state index contributed by atoms with van der Waals surface area (Å²) in [7, 11) is 0. The monoisotopic (exact) mass is 340 g/mol. The number of hydrogen-bond donors (Lipinski definition) is 1. The summed E-state index contributed by atoms with van der Waals surface area (Å²) in [6.07, 6.45) is 5.05. The van der Waals surface area contributed by atoms with Gasteiger partial charge in [-0.15, -0.1) is 0 Å². The molecule has 0 unspecified atom stereocenters. The van der Waals surface area contributed by atoms with Crippen molar-refractivity contribution in [3.8, 4) is 0 Å². The average Bonchev–Trinajstić information content (AvgIpc) is 2.85. The smallest absolute Gasteiger partial charge is 0.233 e. The zero-order valence-corrected chi connectivity index (χ0v) is 14.0. The molecule has 0 aromatic heterocycles. The van der Waals surface area contributed by atoms with Gasteiger partial charge in [0.2, 0.25) is 17.7 Å². The summed E-state index contributed by atoms with van der Waals surface area (Å²) in [4.78, 5) is 49.7. The molecule has 130 valence electrons. The van der Waals surface area contributed by atoms with E-state index in [2.05, 4.69) is 5.32 Å². The molecule has 1 heterocycles. The van der Waals surface area contributed by atoms with Crippen LogP contribution in [-0.2, 0) is 14.4 Å². The molecular formula is C19H20N2O4. The quantitative estimate of drug-likeness (QED) is 0.506. The number of fused-ring (bicyclic) bond motifs is 1. The molecule has 0 radical (unpaired) electrons. The maximum Gasteiger partial charge on any atom is 0.233 e. The summed E-state index contributed by atoms with van der Waals surface area (Å²) in [6.45, 7) is 1.50. The van der Waals surface area contributed by atoms with Crippen molar-refractivity contribution >= 4 is 29.2 Å². The first-order valence-corrected chi connectivity index (χ1v) is 8.39. The standard InChI is InChI=1S/C19H20N2O4/c1-12(22)13-6-4-5-9-16(13)20-17(23)10-11-21-18(24)14-7-2-3-8-15(14)19(21)25/h2-6,9,14-15H,7-8,10-11H2,1H3,(H,20,23)/t14-,15-/m0/s1. The number of likely N-dealkylation sites (tertiary alicyclic amines) is 1. The van der Waals surface area contributed by atoms with Crippen molar-refractivity contribution in [2.75, 3.05) is 11.9 Å². The van der Waals surface area contributed by atoms with Crippen LogP contribution in [0.2, 0.25) is 0 Å². The molecule has 1 aliphatic carbocycles. The fourth-order valence-electron chi connectivity index (χ4n) is 3.41. The van der Waals surface area contributed by atoms with E-state index in [1.54, 1.807) is 24.3 Å². The number of Topliss-reactive ketones (excluding diaryl/α,β-unsaturated/α-hetero) is 1. The van der Waals surface area contributed by atoms with Gasteiger partial charge in [0.1, 0.15) is 0 Å². The van der Waals surface area contributed by atoms with Crippen molar-refractivity contribution in [3.63, 3.8) is 0 Å². The lowest BCUT2D eigenvalue weighted by molar-refractivity contribution is -0.140. The van der Waals surface area contributed by atoms with Crippen LogP contribution in [0.25, 0.3) is 0 Å². The summed E-state index contributed by atoms with van der Waals surface area (Å²) in [5, 5.41) is 2.69. The number of allylic oxidation sites excluding steroid dienone is 2. The lowest BCUT2D eigenvalue weighted by Crippen LogP contribution is -2.34. The minimum atomic E-state index is -0.331. The van der Waals surface area contributed by atoms with Crippen LogP contribution >= 0.6 is 0 Å². The number of carbonyl (C=O) groups excluding carboxylic acids is 4. The molecular weight excluding hydrogens is 320 g/mol. The van der Waals surface area contributed by atoms with Crippen LogP contribution in [0.15, 0.2) is 36.4 Å². The van der Waals surface area contributed by atoms with Crippen molar-refractivity contribution in [1.82, 2.24) is 4.90 Å². The number of benzene rings is 1. The topological polar surface area (TPSA) is 83.6 Å². The molecule has 1 N–H and O–H groups in total. The van der Waals surface area contributed by atoms with E-state index in [4.69, 9.17) is 0 Å². The van der Waals surface area contributed by atoms with E-state index >= 15 is 0 Å². The molecule has 2 aliphatic rings. The van der Waals surface area contributed by atoms with E-state index in [9.17, 15) is 19.2 Å². The van der Waals surface area contributed by atoms with Crippen molar-refractivity contribution in [2.24, 2.45) is 11.8 Å². The van der Waals surface area contributed by atoms with Gasteiger partial charge in [0.15, 0.2) is 5.78 Å². The van der Waals surface area contributed by atoms with Crippen molar-refractivity contribution in [1.29, 1.82) is 0 Å². The molecule has 1 saturated heterocycles. The first kappa shape index (κ1) is 17.1.